The highest BCUT2D eigenvalue weighted by Gasteiger charge is 2.23. The lowest BCUT2D eigenvalue weighted by molar-refractivity contribution is 0.0313. The van der Waals surface area contributed by atoms with E-state index in [-0.39, 0.29) is 6.10 Å². The maximum atomic E-state index is 6.09. The van der Waals surface area contributed by atoms with Gasteiger partial charge in [0.05, 0.1) is 18.2 Å². The molecule has 4 rings (SSSR count). The molecule has 5 nitrogen and oxygen atoms in total. The number of aromatic nitrogens is 3. The molecule has 3 aromatic rings. The molecule has 0 saturated carbocycles. The molecule has 0 radical (unpaired) electrons. The number of halogens is 3. The van der Waals surface area contributed by atoms with Crippen LogP contribution in [0, 0.1) is 0 Å². The van der Waals surface area contributed by atoms with Gasteiger partial charge < -0.3 is 14.6 Å². The van der Waals surface area contributed by atoms with Crippen LogP contribution < -0.4 is 4.90 Å². The number of hydrogen-bond donors (Lipinski definition) is 1. The molecule has 0 bridgehead atoms. The number of ether oxygens (including phenoxy) is 1. The highest BCUT2D eigenvalue weighted by atomic mass is 35.5. The van der Waals surface area contributed by atoms with E-state index < -0.39 is 0 Å². The highest BCUT2D eigenvalue weighted by Crippen LogP contribution is 2.24. The van der Waals surface area contributed by atoms with Crippen LogP contribution in [0.2, 0.25) is 15.2 Å². The summed E-state index contributed by atoms with van der Waals surface area (Å²) in [5.74, 6) is 0.800. The number of H-pyrrole nitrogens is 1. The first-order valence-corrected chi connectivity index (χ1v) is 9.54. The summed E-state index contributed by atoms with van der Waals surface area (Å²) in [6.45, 7) is 2.17. The Kier molecular flexibility index (Phi) is 5.23. The first-order chi connectivity index (χ1) is 12.6. The maximum absolute atomic E-state index is 6.09. The van der Waals surface area contributed by atoms with Gasteiger partial charge in [-0.05, 0) is 48.7 Å². The lowest BCUT2D eigenvalue weighted by Crippen LogP contribution is -2.40. The van der Waals surface area contributed by atoms with E-state index in [4.69, 9.17) is 39.5 Å². The summed E-state index contributed by atoms with van der Waals surface area (Å²) in [6.07, 6.45) is 2.16. The third-order valence-electron chi connectivity index (χ3n) is 4.39. The molecule has 0 unspecified atom stereocenters. The lowest BCUT2D eigenvalue weighted by atomic mass is 10.1. The predicted octanol–water partition coefficient (Wildman–Crippen LogP) is 5.10. The molecule has 8 heteroatoms. The Bertz CT molecular complexity index is 910. The molecule has 1 fully saturated rings. The van der Waals surface area contributed by atoms with E-state index in [9.17, 15) is 0 Å². The van der Waals surface area contributed by atoms with Crippen LogP contribution in [0.5, 0.6) is 0 Å². The quantitative estimate of drug-likeness (QED) is 0.607. The van der Waals surface area contributed by atoms with Gasteiger partial charge in [0.25, 0.3) is 0 Å². The summed E-state index contributed by atoms with van der Waals surface area (Å²) >= 11 is 18.0. The zero-order chi connectivity index (χ0) is 18.1. The minimum atomic E-state index is 0.117. The Morgan fingerprint density at radius 2 is 1.92 bits per heavy atom. The zero-order valence-corrected chi connectivity index (χ0v) is 16.2. The minimum Gasteiger partial charge on any atom is -0.372 e. The Hall–Kier alpha value is -1.53. The predicted molar refractivity (Wildman–Crippen MR) is 105 cm³/mol. The second kappa shape index (κ2) is 7.61. The summed E-state index contributed by atoms with van der Waals surface area (Å²) in [6, 6.07) is 9.12. The van der Waals surface area contributed by atoms with Gasteiger partial charge in [-0.15, -0.1) is 0 Å². The Morgan fingerprint density at radius 1 is 1.12 bits per heavy atom. The van der Waals surface area contributed by atoms with Crippen LogP contribution in [-0.4, -0.2) is 34.1 Å². The Morgan fingerprint density at radius 3 is 2.73 bits per heavy atom. The van der Waals surface area contributed by atoms with E-state index in [1.807, 2.05) is 18.2 Å². The van der Waals surface area contributed by atoms with Crippen LogP contribution in [0.1, 0.15) is 18.4 Å². The number of rotatable bonds is 4. The molecule has 1 atom stereocenters. The van der Waals surface area contributed by atoms with Gasteiger partial charge in [-0.25, -0.2) is 4.98 Å². The highest BCUT2D eigenvalue weighted by molar-refractivity contribution is 6.34. The van der Waals surface area contributed by atoms with Gasteiger partial charge in [0.1, 0.15) is 5.15 Å². The molecule has 0 spiro atoms. The summed E-state index contributed by atoms with van der Waals surface area (Å²) in [7, 11) is 0. The smallest absolute Gasteiger partial charge is 0.205 e. The Balaban J connectivity index is 1.43. The third kappa shape index (κ3) is 4.07. The van der Waals surface area contributed by atoms with E-state index in [0.717, 1.165) is 43.0 Å². The molecule has 3 heterocycles. The van der Waals surface area contributed by atoms with Crippen LogP contribution in [0.15, 0.2) is 30.3 Å². The van der Waals surface area contributed by atoms with Crippen LogP contribution in [0.4, 0.5) is 5.95 Å². The van der Waals surface area contributed by atoms with E-state index >= 15 is 0 Å². The molecule has 0 amide bonds. The Labute approximate surface area is 166 Å². The van der Waals surface area contributed by atoms with Crippen molar-refractivity contribution in [2.24, 2.45) is 0 Å². The van der Waals surface area contributed by atoms with Crippen LogP contribution in [0.3, 0.4) is 0 Å². The van der Waals surface area contributed by atoms with Crippen LogP contribution in [-0.2, 0) is 11.3 Å². The number of nitrogens with one attached hydrogen (secondary N) is 1. The van der Waals surface area contributed by atoms with Gasteiger partial charge >= 0.3 is 0 Å². The van der Waals surface area contributed by atoms with Crippen molar-refractivity contribution in [1.29, 1.82) is 0 Å². The molecule has 0 aliphatic carbocycles. The topological polar surface area (TPSA) is 54.0 Å². The van der Waals surface area contributed by atoms with Gasteiger partial charge in [0, 0.05) is 23.1 Å². The molecule has 1 aromatic carbocycles. The molecular formula is C18H17Cl3N4O. The van der Waals surface area contributed by atoms with Crippen molar-refractivity contribution in [3.05, 3.63) is 51.1 Å². The molecule has 1 N–H and O–H groups in total. The molecule has 1 saturated heterocycles. The van der Waals surface area contributed by atoms with Crippen molar-refractivity contribution in [3.8, 4) is 0 Å². The van der Waals surface area contributed by atoms with Crippen molar-refractivity contribution in [2.45, 2.75) is 25.6 Å². The number of pyridine rings is 1. The number of benzene rings is 1. The number of anilines is 1. The van der Waals surface area contributed by atoms with Crippen molar-refractivity contribution in [3.63, 3.8) is 0 Å². The van der Waals surface area contributed by atoms with Gasteiger partial charge in [-0.1, -0.05) is 34.8 Å². The normalized spacial score (nSPS) is 17.8. The fourth-order valence-electron chi connectivity index (χ4n) is 3.18. The molecule has 1 aliphatic rings. The van der Waals surface area contributed by atoms with E-state index in [1.54, 1.807) is 12.1 Å². The first-order valence-electron chi connectivity index (χ1n) is 8.40. The molecule has 136 valence electrons. The molecular weight excluding hydrogens is 395 g/mol. The fourth-order valence-corrected chi connectivity index (χ4v) is 3.90. The number of piperidine rings is 1. The van der Waals surface area contributed by atoms with Crippen molar-refractivity contribution in [1.82, 2.24) is 15.0 Å². The van der Waals surface area contributed by atoms with Gasteiger partial charge in [-0.3, -0.25) is 0 Å². The lowest BCUT2D eigenvalue weighted by Gasteiger charge is -2.32. The number of fused-ring (bicyclic) bond motifs is 1. The molecule has 26 heavy (non-hydrogen) atoms. The van der Waals surface area contributed by atoms with Crippen LogP contribution in [0.25, 0.3) is 11.2 Å². The van der Waals surface area contributed by atoms with Crippen molar-refractivity contribution in [2.75, 3.05) is 18.0 Å². The van der Waals surface area contributed by atoms with E-state index in [0.29, 0.717) is 27.5 Å². The number of hydrogen-bond acceptors (Lipinski definition) is 4. The van der Waals surface area contributed by atoms with Gasteiger partial charge in [-0.2, -0.15) is 4.98 Å². The number of aromatic amines is 1. The maximum Gasteiger partial charge on any atom is 0.205 e. The minimum absolute atomic E-state index is 0.117. The second-order valence-corrected chi connectivity index (χ2v) is 7.62. The number of imidazole rings is 1. The van der Waals surface area contributed by atoms with Crippen LogP contribution >= 0.6 is 34.8 Å². The first kappa shape index (κ1) is 17.9. The molecule has 1 aliphatic heterocycles. The van der Waals surface area contributed by atoms with E-state index in [1.165, 1.54) is 0 Å². The standard InChI is InChI=1S/C18H17Cl3N4O/c19-12-6-11(7-13(20)8-12)10-26-14-2-1-5-25(9-14)18-22-15-3-4-16(21)23-17(15)24-18/h3-4,6-8,14H,1-2,5,9-10H2,(H,22,23,24)/t14-/m0/s1. The van der Waals surface area contributed by atoms with Gasteiger partial charge in [0.2, 0.25) is 5.95 Å². The summed E-state index contributed by atoms with van der Waals surface area (Å²) in [5.41, 5.74) is 2.48. The summed E-state index contributed by atoms with van der Waals surface area (Å²) < 4.78 is 6.09. The fraction of sp³-hybridized carbons (Fsp3) is 0.333. The largest absolute Gasteiger partial charge is 0.372 e. The third-order valence-corrected chi connectivity index (χ3v) is 5.03. The van der Waals surface area contributed by atoms with Crippen molar-refractivity contribution >= 4 is 51.9 Å². The van der Waals surface area contributed by atoms with Crippen molar-refractivity contribution < 1.29 is 4.74 Å². The average Bonchev–Trinajstić information content (AvgIpc) is 3.03. The summed E-state index contributed by atoms with van der Waals surface area (Å²) in [4.78, 5) is 14.3. The average molecular weight is 412 g/mol. The SMILES string of the molecule is Clc1cc(Cl)cc(CO[C@H]2CCCN(c3nc4nc(Cl)ccc4[nH]3)C2)c1. The number of nitrogens with zero attached hydrogens (tertiary/aromatic N) is 3. The zero-order valence-electron chi connectivity index (χ0n) is 13.9. The summed E-state index contributed by atoms with van der Waals surface area (Å²) in [5, 5.41) is 1.68. The molecule has 2 aromatic heterocycles. The van der Waals surface area contributed by atoms with Gasteiger partial charge in [0.15, 0.2) is 5.65 Å². The monoisotopic (exact) mass is 410 g/mol. The van der Waals surface area contributed by atoms with E-state index in [2.05, 4.69) is 19.9 Å². The second-order valence-electron chi connectivity index (χ2n) is 6.36.